The lowest BCUT2D eigenvalue weighted by molar-refractivity contribution is 0.356. The molecule has 0 aliphatic rings. The normalized spacial score (nSPS) is 18.8. The molecule has 0 rings (SSSR count). The van der Waals surface area contributed by atoms with Crippen molar-refractivity contribution < 1.29 is 0 Å². The van der Waals surface area contributed by atoms with Crippen LogP contribution in [0.1, 0.15) is 34.1 Å². The molecule has 0 aromatic carbocycles. The van der Waals surface area contributed by atoms with Gasteiger partial charge in [0.1, 0.15) is 0 Å². The first-order chi connectivity index (χ1) is 6.56. The highest BCUT2D eigenvalue weighted by Crippen LogP contribution is 2.23. The summed E-state index contributed by atoms with van der Waals surface area (Å²) >= 11 is 0. The van der Waals surface area contributed by atoms with Crippen LogP contribution >= 0.6 is 0 Å². The van der Waals surface area contributed by atoms with E-state index in [0.29, 0.717) is 24.3 Å². The Labute approximate surface area is 89.1 Å². The maximum absolute atomic E-state index is 5.69. The summed E-state index contributed by atoms with van der Waals surface area (Å²) in [5, 5.41) is 0. The lowest BCUT2D eigenvalue weighted by Gasteiger charge is -2.24. The molecule has 0 saturated carbocycles. The fourth-order valence-corrected chi connectivity index (χ4v) is 1.63. The zero-order chi connectivity index (χ0) is 11.1. The van der Waals surface area contributed by atoms with Crippen molar-refractivity contribution in [2.75, 3.05) is 6.54 Å². The fraction of sp³-hybridized carbons (Fsp3) is 0.692. The zero-order valence-corrected chi connectivity index (χ0v) is 10.1. The maximum Gasteiger partial charge on any atom is -0.00115 e. The SMILES string of the molecule is C=CC(CN)C(C)C(C)/C=C(/C)CC. The third-order valence-corrected chi connectivity index (χ3v) is 3.18. The van der Waals surface area contributed by atoms with Crippen LogP contribution in [0.4, 0.5) is 0 Å². The second-order valence-corrected chi connectivity index (χ2v) is 4.22. The number of allylic oxidation sites excluding steroid dienone is 2. The van der Waals surface area contributed by atoms with Crippen molar-refractivity contribution >= 4 is 0 Å². The average Bonchev–Trinajstić information content (AvgIpc) is 2.19. The molecule has 0 heterocycles. The van der Waals surface area contributed by atoms with Crippen LogP contribution in [-0.4, -0.2) is 6.54 Å². The molecule has 82 valence electrons. The zero-order valence-electron chi connectivity index (χ0n) is 10.1. The average molecular weight is 195 g/mol. The van der Waals surface area contributed by atoms with Gasteiger partial charge in [0, 0.05) is 0 Å². The van der Waals surface area contributed by atoms with E-state index in [2.05, 4.69) is 40.3 Å². The van der Waals surface area contributed by atoms with Crippen molar-refractivity contribution in [2.45, 2.75) is 34.1 Å². The Balaban J connectivity index is 4.36. The molecule has 0 aliphatic carbocycles. The Morgan fingerprint density at radius 3 is 2.36 bits per heavy atom. The molecule has 0 spiro atoms. The highest BCUT2D eigenvalue weighted by molar-refractivity contribution is 5.02. The van der Waals surface area contributed by atoms with E-state index in [4.69, 9.17) is 5.73 Å². The molecule has 0 bridgehead atoms. The smallest absolute Gasteiger partial charge is 0.00115 e. The molecule has 3 atom stereocenters. The quantitative estimate of drug-likeness (QED) is 0.646. The number of hydrogen-bond acceptors (Lipinski definition) is 1. The predicted molar refractivity (Wildman–Crippen MR) is 65.1 cm³/mol. The van der Waals surface area contributed by atoms with Gasteiger partial charge in [-0.25, -0.2) is 0 Å². The van der Waals surface area contributed by atoms with Crippen LogP contribution in [-0.2, 0) is 0 Å². The van der Waals surface area contributed by atoms with Crippen LogP contribution in [0.15, 0.2) is 24.3 Å². The van der Waals surface area contributed by atoms with Crippen molar-refractivity contribution in [3.8, 4) is 0 Å². The minimum Gasteiger partial charge on any atom is -0.330 e. The van der Waals surface area contributed by atoms with Crippen molar-refractivity contribution in [1.29, 1.82) is 0 Å². The van der Waals surface area contributed by atoms with Gasteiger partial charge in [-0.3, -0.25) is 0 Å². The van der Waals surface area contributed by atoms with E-state index in [9.17, 15) is 0 Å². The number of rotatable bonds is 6. The van der Waals surface area contributed by atoms with Crippen LogP contribution in [0.5, 0.6) is 0 Å². The molecule has 0 radical (unpaired) electrons. The highest BCUT2D eigenvalue weighted by atomic mass is 14.5. The molecular weight excluding hydrogens is 170 g/mol. The van der Waals surface area contributed by atoms with E-state index in [0.717, 1.165) is 6.42 Å². The van der Waals surface area contributed by atoms with Crippen molar-refractivity contribution in [3.63, 3.8) is 0 Å². The summed E-state index contributed by atoms with van der Waals surface area (Å²) in [5.74, 6) is 1.60. The van der Waals surface area contributed by atoms with E-state index in [1.807, 2.05) is 6.08 Å². The molecule has 0 aromatic rings. The topological polar surface area (TPSA) is 26.0 Å². The first kappa shape index (κ1) is 13.4. The van der Waals surface area contributed by atoms with Crippen LogP contribution < -0.4 is 5.73 Å². The molecule has 0 saturated heterocycles. The minimum absolute atomic E-state index is 0.436. The molecule has 1 nitrogen and oxygen atoms in total. The summed E-state index contributed by atoms with van der Waals surface area (Å²) in [7, 11) is 0. The third kappa shape index (κ3) is 4.10. The van der Waals surface area contributed by atoms with Crippen molar-refractivity contribution in [3.05, 3.63) is 24.3 Å². The van der Waals surface area contributed by atoms with Gasteiger partial charge in [-0.1, -0.05) is 38.5 Å². The van der Waals surface area contributed by atoms with E-state index in [-0.39, 0.29) is 0 Å². The van der Waals surface area contributed by atoms with Crippen LogP contribution in [0.25, 0.3) is 0 Å². The fourth-order valence-electron chi connectivity index (χ4n) is 1.63. The second kappa shape index (κ2) is 6.83. The molecule has 2 N–H and O–H groups in total. The van der Waals surface area contributed by atoms with E-state index < -0.39 is 0 Å². The van der Waals surface area contributed by atoms with Gasteiger partial charge in [0.2, 0.25) is 0 Å². The maximum atomic E-state index is 5.69. The Morgan fingerprint density at radius 2 is 2.00 bits per heavy atom. The molecule has 1 heteroatoms. The van der Waals surface area contributed by atoms with Gasteiger partial charge in [-0.2, -0.15) is 0 Å². The summed E-state index contributed by atoms with van der Waals surface area (Å²) < 4.78 is 0. The van der Waals surface area contributed by atoms with E-state index in [1.54, 1.807) is 0 Å². The minimum atomic E-state index is 0.436. The Kier molecular flexibility index (Phi) is 6.56. The van der Waals surface area contributed by atoms with Gasteiger partial charge in [0.25, 0.3) is 0 Å². The third-order valence-electron chi connectivity index (χ3n) is 3.18. The summed E-state index contributed by atoms with van der Waals surface area (Å²) in [4.78, 5) is 0. The van der Waals surface area contributed by atoms with Gasteiger partial charge in [0.05, 0.1) is 0 Å². The second-order valence-electron chi connectivity index (χ2n) is 4.22. The molecule has 0 fully saturated rings. The number of hydrogen-bond donors (Lipinski definition) is 1. The molecule has 0 aromatic heterocycles. The lowest BCUT2D eigenvalue weighted by Crippen LogP contribution is -2.23. The first-order valence-electron chi connectivity index (χ1n) is 5.56. The van der Waals surface area contributed by atoms with Gasteiger partial charge >= 0.3 is 0 Å². The molecule has 0 amide bonds. The molecule has 3 unspecified atom stereocenters. The van der Waals surface area contributed by atoms with Crippen molar-refractivity contribution in [1.82, 2.24) is 0 Å². The largest absolute Gasteiger partial charge is 0.330 e. The van der Waals surface area contributed by atoms with Crippen LogP contribution in [0, 0.1) is 17.8 Å². The molecular formula is C13H25N. The summed E-state index contributed by atoms with van der Waals surface area (Å²) in [6, 6.07) is 0. The van der Waals surface area contributed by atoms with Crippen LogP contribution in [0.2, 0.25) is 0 Å². The van der Waals surface area contributed by atoms with E-state index >= 15 is 0 Å². The van der Waals surface area contributed by atoms with Gasteiger partial charge in [-0.05, 0) is 37.6 Å². The standard InChI is InChI=1S/C13H25N/c1-6-10(3)8-11(4)12(5)13(7-2)9-14/h7-8,11-13H,2,6,9,14H2,1,3-5H3/b10-8-. The monoisotopic (exact) mass is 195 g/mol. The summed E-state index contributed by atoms with van der Waals surface area (Å²) in [6.45, 7) is 13.4. The van der Waals surface area contributed by atoms with Gasteiger partial charge < -0.3 is 5.73 Å². The molecule has 14 heavy (non-hydrogen) atoms. The highest BCUT2D eigenvalue weighted by Gasteiger charge is 2.17. The predicted octanol–water partition coefficient (Wildman–Crippen LogP) is 3.38. The number of nitrogens with two attached hydrogens (primary N) is 1. The Bertz CT molecular complexity index is 193. The van der Waals surface area contributed by atoms with Crippen LogP contribution in [0.3, 0.4) is 0 Å². The Hall–Kier alpha value is -0.560. The molecule has 0 aliphatic heterocycles. The van der Waals surface area contributed by atoms with E-state index in [1.165, 1.54) is 5.57 Å². The van der Waals surface area contributed by atoms with Gasteiger partial charge in [0.15, 0.2) is 0 Å². The van der Waals surface area contributed by atoms with Gasteiger partial charge in [-0.15, -0.1) is 6.58 Å². The summed E-state index contributed by atoms with van der Waals surface area (Å²) in [5.41, 5.74) is 7.16. The van der Waals surface area contributed by atoms with Crippen molar-refractivity contribution in [2.24, 2.45) is 23.5 Å². The summed E-state index contributed by atoms with van der Waals surface area (Å²) in [6.07, 6.45) is 5.48. The first-order valence-corrected chi connectivity index (χ1v) is 5.56. The Morgan fingerprint density at radius 1 is 1.43 bits per heavy atom. The lowest BCUT2D eigenvalue weighted by atomic mass is 9.83.